The first-order valence-corrected chi connectivity index (χ1v) is 8.83. The predicted molar refractivity (Wildman–Crippen MR) is 97.4 cm³/mol. The summed E-state index contributed by atoms with van der Waals surface area (Å²) in [6.45, 7) is 2.02. The molecule has 0 unspecified atom stereocenters. The van der Waals surface area contributed by atoms with Gasteiger partial charge in [-0.15, -0.1) is 0 Å². The largest absolute Gasteiger partial charge is 0.487 e. The van der Waals surface area contributed by atoms with Crippen LogP contribution in [0.15, 0.2) is 36.4 Å². The number of amides is 1. The topological polar surface area (TPSA) is 29.5 Å². The third kappa shape index (κ3) is 3.97. The van der Waals surface area contributed by atoms with Crippen LogP contribution < -0.4 is 4.74 Å². The second kappa shape index (κ2) is 7.64. The first-order chi connectivity index (χ1) is 11.5. The number of rotatable bonds is 4. The molecule has 1 aliphatic heterocycles. The van der Waals surface area contributed by atoms with Crippen molar-refractivity contribution in [1.29, 1.82) is 0 Å². The molecule has 1 fully saturated rings. The summed E-state index contributed by atoms with van der Waals surface area (Å²) < 4.78 is 5.69. The second-order valence-corrected chi connectivity index (χ2v) is 6.90. The molecule has 0 spiro atoms. The van der Waals surface area contributed by atoms with Gasteiger partial charge in [0.1, 0.15) is 12.4 Å². The van der Waals surface area contributed by atoms with Gasteiger partial charge in [0.25, 0.3) is 5.91 Å². The van der Waals surface area contributed by atoms with Crippen LogP contribution in [0.4, 0.5) is 0 Å². The van der Waals surface area contributed by atoms with E-state index in [4.69, 9.17) is 39.5 Å². The molecule has 1 aliphatic rings. The minimum absolute atomic E-state index is 0.0903. The summed E-state index contributed by atoms with van der Waals surface area (Å²) in [7, 11) is 0. The standard InChI is InChI=1S/C18H16Cl3NO2/c19-14-9-16(21)17(10-15(14)20)24-11-12-3-5-13(6-4-12)18(23)22-7-1-2-8-22/h3-6,9-10H,1-2,7-8,11H2. The highest BCUT2D eigenvalue weighted by Gasteiger charge is 2.19. The van der Waals surface area contributed by atoms with E-state index >= 15 is 0 Å². The smallest absolute Gasteiger partial charge is 0.253 e. The van der Waals surface area contributed by atoms with Gasteiger partial charge in [-0.05, 0) is 36.6 Å². The maximum Gasteiger partial charge on any atom is 0.253 e. The molecule has 3 rings (SSSR count). The fraction of sp³-hybridized carbons (Fsp3) is 0.278. The van der Waals surface area contributed by atoms with E-state index in [0.29, 0.717) is 33.0 Å². The number of hydrogen-bond acceptors (Lipinski definition) is 2. The number of halogens is 3. The minimum atomic E-state index is 0.0903. The van der Waals surface area contributed by atoms with Crippen molar-refractivity contribution in [1.82, 2.24) is 4.90 Å². The van der Waals surface area contributed by atoms with Crippen LogP contribution in [0.25, 0.3) is 0 Å². The van der Waals surface area contributed by atoms with E-state index in [2.05, 4.69) is 0 Å². The second-order valence-electron chi connectivity index (χ2n) is 5.68. The van der Waals surface area contributed by atoms with E-state index in [-0.39, 0.29) is 5.91 Å². The fourth-order valence-electron chi connectivity index (χ4n) is 2.62. The minimum Gasteiger partial charge on any atom is -0.487 e. The lowest BCUT2D eigenvalue weighted by Gasteiger charge is -2.15. The molecule has 0 N–H and O–H groups in total. The highest BCUT2D eigenvalue weighted by molar-refractivity contribution is 6.43. The molecule has 0 saturated carbocycles. The van der Waals surface area contributed by atoms with Crippen LogP contribution in [0.1, 0.15) is 28.8 Å². The molecular weight excluding hydrogens is 369 g/mol. The molecule has 0 atom stereocenters. The van der Waals surface area contributed by atoms with Gasteiger partial charge in [0.05, 0.1) is 15.1 Å². The van der Waals surface area contributed by atoms with Gasteiger partial charge in [-0.25, -0.2) is 0 Å². The maximum atomic E-state index is 12.3. The van der Waals surface area contributed by atoms with Gasteiger partial charge in [-0.3, -0.25) is 4.79 Å². The van der Waals surface area contributed by atoms with Gasteiger partial charge in [-0.2, -0.15) is 0 Å². The Labute approximate surface area is 156 Å². The third-order valence-corrected chi connectivity index (χ3v) is 4.98. The highest BCUT2D eigenvalue weighted by atomic mass is 35.5. The molecule has 0 radical (unpaired) electrons. The average molecular weight is 385 g/mol. The Morgan fingerprint density at radius 3 is 2.25 bits per heavy atom. The number of carbonyl (C=O) groups excluding carboxylic acids is 1. The Balaban J connectivity index is 1.64. The van der Waals surface area contributed by atoms with E-state index in [9.17, 15) is 4.79 Å². The number of hydrogen-bond donors (Lipinski definition) is 0. The van der Waals surface area contributed by atoms with Crippen molar-refractivity contribution in [2.45, 2.75) is 19.4 Å². The zero-order chi connectivity index (χ0) is 17.1. The van der Waals surface area contributed by atoms with E-state index in [1.54, 1.807) is 12.1 Å². The molecule has 2 aromatic carbocycles. The number of likely N-dealkylation sites (tertiary alicyclic amines) is 1. The van der Waals surface area contributed by atoms with Gasteiger partial charge in [0.2, 0.25) is 0 Å². The summed E-state index contributed by atoms with van der Waals surface area (Å²) in [6, 6.07) is 10.6. The molecular formula is C18H16Cl3NO2. The summed E-state index contributed by atoms with van der Waals surface area (Å²) in [4.78, 5) is 14.2. The van der Waals surface area contributed by atoms with Gasteiger partial charge < -0.3 is 9.64 Å². The van der Waals surface area contributed by atoms with Crippen LogP contribution in [0, 0.1) is 0 Å². The van der Waals surface area contributed by atoms with Gasteiger partial charge >= 0.3 is 0 Å². The molecule has 1 heterocycles. The quantitative estimate of drug-likeness (QED) is 0.655. The van der Waals surface area contributed by atoms with Crippen LogP contribution in [0.2, 0.25) is 15.1 Å². The molecule has 0 aromatic heterocycles. The monoisotopic (exact) mass is 383 g/mol. The van der Waals surface area contributed by atoms with Crippen LogP contribution in [-0.2, 0) is 6.61 Å². The first-order valence-electron chi connectivity index (χ1n) is 7.70. The Morgan fingerprint density at radius 1 is 0.958 bits per heavy atom. The third-order valence-electron chi connectivity index (χ3n) is 3.96. The number of ether oxygens (including phenoxy) is 1. The predicted octanol–water partition coefficient (Wildman–Crippen LogP) is 5.46. The fourth-order valence-corrected chi connectivity index (χ4v) is 3.21. The van der Waals surface area contributed by atoms with Crippen LogP contribution in [0.5, 0.6) is 5.75 Å². The van der Waals surface area contributed by atoms with E-state index in [1.165, 1.54) is 0 Å². The Kier molecular flexibility index (Phi) is 5.54. The molecule has 0 aliphatic carbocycles. The van der Waals surface area contributed by atoms with E-state index in [0.717, 1.165) is 31.5 Å². The summed E-state index contributed by atoms with van der Waals surface area (Å²) in [5.41, 5.74) is 1.64. The SMILES string of the molecule is O=C(c1ccc(COc2cc(Cl)c(Cl)cc2Cl)cc1)N1CCCC1. The lowest BCUT2D eigenvalue weighted by molar-refractivity contribution is 0.0793. The van der Waals surface area contributed by atoms with Crippen LogP contribution in [-0.4, -0.2) is 23.9 Å². The summed E-state index contributed by atoms with van der Waals surface area (Å²) in [5.74, 6) is 0.566. The van der Waals surface area contributed by atoms with Gasteiger partial charge in [0, 0.05) is 24.7 Å². The number of benzene rings is 2. The maximum absolute atomic E-state index is 12.3. The Morgan fingerprint density at radius 2 is 1.58 bits per heavy atom. The highest BCUT2D eigenvalue weighted by Crippen LogP contribution is 2.34. The zero-order valence-corrected chi connectivity index (χ0v) is 15.2. The molecule has 6 heteroatoms. The van der Waals surface area contributed by atoms with Crippen molar-refractivity contribution in [3.63, 3.8) is 0 Å². The molecule has 2 aromatic rings. The van der Waals surface area contributed by atoms with E-state index in [1.807, 2.05) is 29.2 Å². The molecule has 126 valence electrons. The lowest BCUT2D eigenvalue weighted by Crippen LogP contribution is -2.27. The number of carbonyl (C=O) groups is 1. The van der Waals surface area contributed by atoms with Gasteiger partial charge in [0.15, 0.2) is 0 Å². The molecule has 0 bridgehead atoms. The van der Waals surface area contributed by atoms with Crippen molar-refractivity contribution < 1.29 is 9.53 Å². The molecule has 24 heavy (non-hydrogen) atoms. The summed E-state index contributed by atoms with van der Waals surface area (Å²) >= 11 is 18.0. The van der Waals surface area contributed by atoms with Crippen molar-refractivity contribution in [3.05, 3.63) is 62.6 Å². The Hall–Kier alpha value is -1.42. The van der Waals surface area contributed by atoms with Crippen molar-refractivity contribution in [3.8, 4) is 5.75 Å². The van der Waals surface area contributed by atoms with E-state index < -0.39 is 0 Å². The molecule has 1 saturated heterocycles. The summed E-state index contributed by atoms with van der Waals surface area (Å²) in [6.07, 6.45) is 2.17. The lowest BCUT2D eigenvalue weighted by atomic mass is 10.1. The van der Waals surface area contributed by atoms with Crippen molar-refractivity contribution in [2.24, 2.45) is 0 Å². The molecule has 1 amide bonds. The van der Waals surface area contributed by atoms with Crippen LogP contribution in [0.3, 0.4) is 0 Å². The average Bonchev–Trinajstić information content (AvgIpc) is 3.11. The van der Waals surface area contributed by atoms with Crippen molar-refractivity contribution >= 4 is 40.7 Å². The van der Waals surface area contributed by atoms with Crippen LogP contribution >= 0.6 is 34.8 Å². The van der Waals surface area contributed by atoms with Crippen molar-refractivity contribution in [2.75, 3.05) is 13.1 Å². The Bertz CT molecular complexity index is 741. The summed E-state index contributed by atoms with van der Waals surface area (Å²) in [5, 5.41) is 1.19. The van der Waals surface area contributed by atoms with Gasteiger partial charge in [-0.1, -0.05) is 46.9 Å². The first kappa shape index (κ1) is 17.4. The zero-order valence-electron chi connectivity index (χ0n) is 12.9. The normalized spacial score (nSPS) is 14.0. The number of nitrogens with zero attached hydrogens (tertiary/aromatic N) is 1. The molecule has 3 nitrogen and oxygen atoms in total.